The van der Waals surface area contributed by atoms with Crippen molar-refractivity contribution in [2.24, 2.45) is 11.8 Å². The molecule has 27 heavy (non-hydrogen) atoms. The molecule has 0 spiro atoms. The molecule has 1 aromatic carbocycles. The molecule has 3 rings (SSSR count). The summed E-state index contributed by atoms with van der Waals surface area (Å²) in [5.41, 5.74) is 3.18. The zero-order valence-electron chi connectivity index (χ0n) is 16.5. The minimum Gasteiger partial charge on any atom is -0.339 e. The largest absolute Gasteiger partial charge is 0.339 e. The first-order valence-electron chi connectivity index (χ1n) is 9.92. The van der Waals surface area contributed by atoms with Gasteiger partial charge in [0.2, 0.25) is 17.7 Å². The number of rotatable bonds is 5. The number of aryl methyl sites for hydroxylation is 2. The Balaban J connectivity index is 1.58. The first-order chi connectivity index (χ1) is 13.0. The summed E-state index contributed by atoms with van der Waals surface area (Å²) in [5, 5.41) is 3.09. The summed E-state index contributed by atoms with van der Waals surface area (Å²) in [5.74, 6) is -0.401. The molecule has 1 aliphatic heterocycles. The molecule has 6 heteroatoms. The fraction of sp³-hybridized carbons (Fsp3) is 0.571. The molecule has 0 radical (unpaired) electrons. The number of nitrogens with one attached hydrogen (secondary N) is 1. The smallest absolute Gasteiger partial charge is 0.228 e. The number of benzene rings is 1. The van der Waals surface area contributed by atoms with Crippen LogP contribution >= 0.6 is 0 Å². The maximum Gasteiger partial charge on any atom is 0.228 e. The Hall–Kier alpha value is -2.37. The number of amides is 3. The summed E-state index contributed by atoms with van der Waals surface area (Å²) >= 11 is 0. The van der Waals surface area contributed by atoms with Crippen molar-refractivity contribution in [1.29, 1.82) is 0 Å². The number of anilines is 1. The number of hydrogen-bond acceptors (Lipinski definition) is 3. The molecule has 1 saturated carbocycles. The zero-order valence-corrected chi connectivity index (χ0v) is 16.5. The number of nitrogens with zero attached hydrogens (tertiary/aromatic N) is 2. The molecular weight excluding hydrogens is 342 g/mol. The van der Waals surface area contributed by atoms with Gasteiger partial charge in [0.15, 0.2) is 0 Å². The molecule has 2 aliphatic rings. The summed E-state index contributed by atoms with van der Waals surface area (Å²) in [6.45, 7) is 7.98. The van der Waals surface area contributed by atoms with E-state index < -0.39 is 0 Å². The standard InChI is InChI=1S/C21H29N3O3/c1-4-15-7-6-8-16(5-2)19(15)22-20(26)17-13-18(17)21(27)24-11-9-23(10-12-24)14(3)25/h6-8,17-18H,4-5,9-13H2,1-3H3,(H,22,26). The predicted molar refractivity (Wildman–Crippen MR) is 104 cm³/mol. The fourth-order valence-electron chi connectivity index (χ4n) is 3.85. The lowest BCUT2D eigenvalue weighted by atomic mass is 10.0. The predicted octanol–water partition coefficient (Wildman–Crippen LogP) is 2.08. The third kappa shape index (κ3) is 4.15. The van der Waals surface area contributed by atoms with Gasteiger partial charge < -0.3 is 15.1 Å². The van der Waals surface area contributed by atoms with Crippen molar-refractivity contribution in [2.75, 3.05) is 31.5 Å². The Morgan fingerprint density at radius 3 is 2.04 bits per heavy atom. The quantitative estimate of drug-likeness (QED) is 0.861. The molecule has 0 aromatic heterocycles. The van der Waals surface area contributed by atoms with Gasteiger partial charge in [-0.2, -0.15) is 0 Å². The second-order valence-corrected chi connectivity index (χ2v) is 7.43. The van der Waals surface area contributed by atoms with Crippen LogP contribution < -0.4 is 5.32 Å². The van der Waals surface area contributed by atoms with Gasteiger partial charge in [-0.05, 0) is 30.4 Å². The van der Waals surface area contributed by atoms with E-state index >= 15 is 0 Å². The molecule has 0 bridgehead atoms. The molecule has 1 aliphatic carbocycles. The van der Waals surface area contributed by atoms with Gasteiger partial charge in [-0.1, -0.05) is 32.0 Å². The second-order valence-electron chi connectivity index (χ2n) is 7.43. The molecule has 146 valence electrons. The molecule has 1 saturated heterocycles. The number of carbonyl (C=O) groups is 3. The van der Waals surface area contributed by atoms with Gasteiger partial charge in [0.25, 0.3) is 0 Å². The SMILES string of the molecule is CCc1cccc(CC)c1NC(=O)C1CC1C(=O)N1CCN(C(C)=O)CC1. The van der Waals surface area contributed by atoms with E-state index in [1.165, 1.54) is 0 Å². The number of piperazine rings is 1. The van der Waals surface area contributed by atoms with Crippen LogP contribution in [-0.4, -0.2) is 53.7 Å². The van der Waals surface area contributed by atoms with Gasteiger partial charge in [0.1, 0.15) is 0 Å². The monoisotopic (exact) mass is 371 g/mol. The van der Waals surface area contributed by atoms with E-state index in [2.05, 4.69) is 19.2 Å². The van der Waals surface area contributed by atoms with Crippen LogP contribution in [0.5, 0.6) is 0 Å². The Bertz CT molecular complexity index is 716. The molecule has 1 aromatic rings. The van der Waals surface area contributed by atoms with Crippen LogP contribution in [0.2, 0.25) is 0 Å². The van der Waals surface area contributed by atoms with Crippen molar-refractivity contribution >= 4 is 23.4 Å². The molecule has 2 atom stereocenters. The summed E-state index contributed by atoms with van der Waals surface area (Å²) in [4.78, 5) is 40.4. The van der Waals surface area contributed by atoms with Crippen molar-refractivity contribution < 1.29 is 14.4 Å². The van der Waals surface area contributed by atoms with Crippen molar-refractivity contribution in [3.8, 4) is 0 Å². The van der Waals surface area contributed by atoms with Gasteiger partial charge in [-0.25, -0.2) is 0 Å². The van der Waals surface area contributed by atoms with Crippen LogP contribution in [0.1, 0.15) is 38.3 Å². The number of hydrogen-bond donors (Lipinski definition) is 1. The van der Waals surface area contributed by atoms with Crippen LogP contribution in [0, 0.1) is 11.8 Å². The second kappa shape index (κ2) is 8.11. The topological polar surface area (TPSA) is 69.7 Å². The van der Waals surface area contributed by atoms with E-state index in [1.54, 1.807) is 16.7 Å². The minimum absolute atomic E-state index is 0.0482. The third-order valence-corrected chi connectivity index (χ3v) is 5.73. The molecule has 1 N–H and O–H groups in total. The van der Waals surface area contributed by atoms with Crippen LogP contribution in [0.3, 0.4) is 0 Å². The van der Waals surface area contributed by atoms with Crippen molar-refractivity contribution in [3.63, 3.8) is 0 Å². The van der Waals surface area contributed by atoms with Gasteiger partial charge in [-0.3, -0.25) is 14.4 Å². The summed E-state index contributed by atoms with van der Waals surface area (Å²) in [6, 6.07) is 6.11. The van der Waals surface area contributed by atoms with Crippen LogP contribution in [0.25, 0.3) is 0 Å². The highest BCUT2D eigenvalue weighted by molar-refractivity contribution is 6.00. The summed E-state index contributed by atoms with van der Waals surface area (Å²) in [6.07, 6.45) is 2.33. The van der Waals surface area contributed by atoms with Crippen LogP contribution in [0.4, 0.5) is 5.69 Å². The first-order valence-corrected chi connectivity index (χ1v) is 9.92. The third-order valence-electron chi connectivity index (χ3n) is 5.73. The van der Waals surface area contributed by atoms with Gasteiger partial charge in [0, 0.05) is 38.8 Å². The average Bonchev–Trinajstić information content (AvgIpc) is 3.48. The zero-order chi connectivity index (χ0) is 19.6. The fourth-order valence-corrected chi connectivity index (χ4v) is 3.85. The van der Waals surface area contributed by atoms with Crippen molar-refractivity contribution in [3.05, 3.63) is 29.3 Å². The van der Waals surface area contributed by atoms with Gasteiger partial charge in [0.05, 0.1) is 11.8 Å². The average molecular weight is 371 g/mol. The van der Waals surface area contributed by atoms with Crippen LogP contribution in [0.15, 0.2) is 18.2 Å². The van der Waals surface area contributed by atoms with E-state index in [9.17, 15) is 14.4 Å². The highest BCUT2D eigenvalue weighted by Crippen LogP contribution is 2.41. The summed E-state index contributed by atoms with van der Waals surface area (Å²) < 4.78 is 0. The maximum atomic E-state index is 12.7. The molecular formula is C21H29N3O3. The molecule has 2 unspecified atom stereocenters. The highest BCUT2D eigenvalue weighted by atomic mass is 16.2. The molecule has 1 heterocycles. The Morgan fingerprint density at radius 2 is 1.52 bits per heavy atom. The van der Waals surface area contributed by atoms with E-state index in [4.69, 9.17) is 0 Å². The van der Waals surface area contributed by atoms with E-state index in [0.29, 0.717) is 32.6 Å². The minimum atomic E-state index is -0.238. The number of carbonyl (C=O) groups excluding carboxylic acids is 3. The Morgan fingerprint density at radius 1 is 0.963 bits per heavy atom. The van der Waals surface area contributed by atoms with Crippen molar-refractivity contribution in [1.82, 2.24) is 9.80 Å². The summed E-state index contributed by atoms with van der Waals surface area (Å²) in [7, 11) is 0. The lowest BCUT2D eigenvalue weighted by molar-refractivity contribution is -0.139. The lowest BCUT2D eigenvalue weighted by Gasteiger charge is -2.34. The van der Waals surface area contributed by atoms with E-state index in [0.717, 1.165) is 29.7 Å². The Labute approximate surface area is 160 Å². The number of para-hydroxylation sites is 1. The van der Waals surface area contributed by atoms with E-state index in [-0.39, 0.29) is 29.6 Å². The first kappa shape index (κ1) is 19.4. The molecule has 3 amide bonds. The van der Waals surface area contributed by atoms with Crippen molar-refractivity contribution in [2.45, 2.75) is 40.0 Å². The normalized spacial score (nSPS) is 21.7. The van der Waals surface area contributed by atoms with E-state index in [1.807, 2.05) is 18.2 Å². The van der Waals surface area contributed by atoms with Crippen LogP contribution in [-0.2, 0) is 27.2 Å². The lowest BCUT2D eigenvalue weighted by Crippen LogP contribution is -2.50. The Kier molecular flexibility index (Phi) is 5.82. The maximum absolute atomic E-state index is 12.7. The van der Waals surface area contributed by atoms with Gasteiger partial charge >= 0.3 is 0 Å². The van der Waals surface area contributed by atoms with Gasteiger partial charge in [-0.15, -0.1) is 0 Å². The highest BCUT2D eigenvalue weighted by Gasteiger charge is 2.49. The molecule has 6 nitrogen and oxygen atoms in total. The molecule has 2 fully saturated rings.